The molecule has 0 bridgehead atoms. The standard InChI is InChI=1S/C19H23N3O3/c1-3-5-18(23)21-14-8-10-15(11-9-14)22-19(24)13-20-16-6-4-7-17(12-16)25-2/h4,6-12,20H,3,5,13H2,1-2H3,(H,21,23)(H,22,24). The van der Waals surface area contributed by atoms with Gasteiger partial charge in [-0.25, -0.2) is 0 Å². The summed E-state index contributed by atoms with van der Waals surface area (Å²) >= 11 is 0. The van der Waals surface area contributed by atoms with Crippen LogP contribution in [0.3, 0.4) is 0 Å². The Morgan fingerprint density at radius 2 is 1.56 bits per heavy atom. The average molecular weight is 341 g/mol. The lowest BCUT2D eigenvalue weighted by molar-refractivity contribution is -0.116. The first kappa shape index (κ1) is 18.3. The van der Waals surface area contributed by atoms with Gasteiger partial charge in [-0.1, -0.05) is 13.0 Å². The van der Waals surface area contributed by atoms with Crippen molar-refractivity contribution in [1.29, 1.82) is 0 Å². The van der Waals surface area contributed by atoms with Gasteiger partial charge in [-0.15, -0.1) is 0 Å². The van der Waals surface area contributed by atoms with E-state index < -0.39 is 0 Å². The van der Waals surface area contributed by atoms with Gasteiger partial charge in [-0.3, -0.25) is 9.59 Å². The van der Waals surface area contributed by atoms with Crippen LogP contribution in [0.2, 0.25) is 0 Å². The van der Waals surface area contributed by atoms with Crippen molar-refractivity contribution in [3.8, 4) is 5.75 Å². The Balaban J connectivity index is 1.82. The molecule has 0 aromatic heterocycles. The maximum Gasteiger partial charge on any atom is 0.243 e. The van der Waals surface area contributed by atoms with Crippen LogP contribution in [0, 0.1) is 0 Å². The third kappa shape index (κ3) is 6.18. The summed E-state index contributed by atoms with van der Waals surface area (Å²) in [6, 6.07) is 14.4. The third-order valence-corrected chi connectivity index (χ3v) is 3.45. The molecule has 0 heterocycles. The first-order valence-electron chi connectivity index (χ1n) is 8.18. The highest BCUT2D eigenvalue weighted by atomic mass is 16.5. The summed E-state index contributed by atoms with van der Waals surface area (Å²) in [5.74, 6) is 0.554. The number of nitrogens with one attached hydrogen (secondary N) is 3. The molecule has 2 rings (SSSR count). The quantitative estimate of drug-likeness (QED) is 0.687. The molecule has 6 heteroatoms. The molecule has 0 radical (unpaired) electrons. The summed E-state index contributed by atoms with van der Waals surface area (Å²) in [4.78, 5) is 23.6. The van der Waals surface area contributed by atoms with Gasteiger partial charge in [0.2, 0.25) is 11.8 Å². The molecule has 0 aliphatic rings. The number of carbonyl (C=O) groups excluding carboxylic acids is 2. The van der Waals surface area contributed by atoms with E-state index in [0.29, 0.717) is 17.8 Å². The van der Waals surface area contributed by atoms with Gasteiger partial charge in [0.25, 0.3) is 0 Å². The molecule has 2 aromatic carbocycles. The Bertz CT molecular complexity index is 714. The summed E-state index contributed by atoms with van der Waals surface area (Å²) < 4.78 is 5.14. The van der Waals surface area contributed by atoms with Gasteiger partial charge in [-0.2, -0.15) is 0 Å². The van der Waals surface area contributed by atoms with Crippen LogP contribution < -0.4 is 20.7 Å². The minimum Gasteiger partial charge on any atom is -0.497 e. The molecule has 3 N–H and O–H groups in total. The fraction of sp³-hybridized carbons (Fsp3) is 0.263. The zero-order valence-electron chi connectivity index (χ0n) is 14.5. The Labute approximate surface area is 147 Å². The molecule has 6 nitrogen and oxygen atoms in total. The van der Waals surface area contributed by atoms with Gasteiger partial charge in [0.1, 0.15) is 5.75 Å². The molecule has 0 unspecified atom stereocenters. The Hall–Kier alpha value is -3.02. The van der Waals surface area contributed by atoms with Crippen LogP contribution in [-0.2, 0) is 9.59 Å². The summed E-state index contributed by atoms with van der Waals surface area (Å²) in [6.07, 6.45) is 1.30. The van der Waals surface area contributed by atoms with Gasteiger partial charge in [0.15, 0.2) is 0 Å². The predicted octanol–water partition coefficient (Wildman–Crippen LogP) is 3.48. The number of hydrogen-bond donors (Lipinski definition) is 3. The highest BCUT2D eigenvalue weighted by Crippen LogP contribution is 2.17. The van der Waals surface area contributed by atoms with Crippen molar-refractivity contribution in [2.24, 2.45) is 0 Å². The number of amides is 2. The maximum atomic E-state index is 12.0. The fourth-order valence-electron chi connectivity index (χ4n) is 2.21. The number of hydrogen-bond acceptors (Lipinski definition) is 4. The van der Waals surface area contributed by atoms with E-state index in [-0.39, 0.29) is 18.4 Å². The van der Waals surface area contributed by atoms with Gasteiger partial charge in [0.05, 0.1) is 13.7 Å². The molecule has 2 aromatic rings. The van der Waals surface area contributed by atoms with Crippen LogP contribution >= 0.6 is 0 Å². The summed E-state index contributed by atoms with van der Waals surface area (Å²) in [5, 5.41) is 8.65. The zero-order valence-corrected chi connectivity index (χ0v) is 14.5. The van der Waals surface area contributed by atoms with E-state index in [0.717, 1.165) is 17.9 Å². The number of ether oxygens (including phenoxy) is 1. The number of carbonyl (C=O) groups is 2. The number of rotatable bonds is 8. The molecule has 132 valence electrons. The SMILES string of the molecule is CCCC(=O)Nc1ccc(NC(=O)CNc2cccc(OC)c2)cc1. The van der Waals surface area contributed by atoms with Crippen LogP contribution in [0.5, 0.6) is 5.75 Å². The first-order chi connectivity index (χ1) is 12.1. The molecular weight excluding hydrogens is 318 g/mol. The minimum atomic E-state index is -0.161. The van der Waals surface area contributed by atoms with E-state index in [1.165, 1.54) is 0 Å². The normalized spacial score (nSPS) is 10.0. The van der Waals surface area contributed by atoms with E-state index >= 15 is 0 Å². The van der Waals surface area contributed by atoms with Gasteiger partial charge >= 0.3 is 0 Å². The lowest BCUT2D eigenvalue weighted by atomic mass is 10.2. The zero-order chi connectivity index (χ0) is 18.1. The van der Waals surface area contributed by atoms with Gasteiger partial charge in [0, 0.05) is 29.5 Å². The van der Waals surface area contributed by atoms with E-state index in [2.05, 4.69) is 16.0 Å². The number of anilines is 3. The van der Waals surface area contributed by atoms with Crippen LogP contribution in [0.1, 0.15) is 19.8 Å². The van der Waals surface area contributed by atoms with E-state index in [1.807, 2.05) is 31.2 Å². The van der Waals surface area contributed by atoms with Crippen LogP contribution in [0.25, 0.3) is 0 Å². The monoisotopic (exact) mass is 341 g/mol. The largest absolute Gasteiger partial charge is 0.497 e. The van der Waals surface area contributed by atoms with Crippen molar-refractivity contribution in [1.82, 2.24) is 0 Å². The van der Waals surface area contributed by atoms with Crippen molar-refractivity contribution in [2.45, 2.75) is 19.8 Å². The molecule has 0 aliphatic carbocycles. The maximum absolute atomic E-state index is 12.0. The highest BCUT2D eigenvalue weighted by molar-refractivity contribution is 5.94. The molecule has 0 aliphatic heterocycles. The Morgan fingerprint density at radius 3 is 2.16 bits per heavy atom. The molecule has 0 saturated carbocycles. The summed E-state index contributed by atoms with van der Waals surface area (Å²) in [5.41, 5.74) is 2.19. The topological polar surface area (TPSA) is 79.5 Å². The second kappa shape index (κ2) is 9.32. The Kier molecular flexibility index (Phi) is 6.83. The second-order valence-corrected chi connectivity index (χ2v) is 5.51. The molecule has 25 heavy (non-hydrogen) atoms. The van der Waals surface area contributed by atoms with Gasteiger partial charge in [-0.05, 0) is 42.8 Å². The first-order valence-corrected chi connectivity index (χ1v) is 8.18. The molecule has 0 saturated heterocycles. The number of benzene rings is 2. The molecule has 0 spiro atoms. The van der Waals surface area contributed by atoms with Crippen LogP contribution in [-0.4, -0.2) is 25.5 Å². The Morgan fingerprint density at radius 1 is 0.920 bits per heavy atom. The average Bonchev–Trinajstić information content (AvgIpc) is 2.62. The van der Waals surface area contributed by atoms with E-state index in [1.54, 1.807) is 31.4 Å². The predicted molar refractivity (Wildman–Crippen MR) is 100 cm³/mol. The summed E-state index contributed by atoms with van der Waals surface area (Å²) in [7, 11) is 1.60. The molecule has 0 fully saturated rings. The lowest BCUT2D eigenvalue weighted by Gasteiger charge is -2.10. The highest BCUT2D eigenvalue weighted by Gasteiger charge is 2.04. The second-order valence-electron chi connectivity index (χ2n) is 5.51. The smallest absolute Gasteiger partial charge is 0.243 e. The van der Waals surface area contributed by atoms with Crippen molar-refractivity contribution in [2.75, 3.05) is 29.6 Å². The minimum absolute atomic E-state index is 0.0122. The van der Waals surface area contributed by atoms with Crippen molar-refractivity contribution >= 4 is 28.9 Å². The molecule has 2 amide bonds. The van der Waals surface area contributed by atoms with E-state index in [4.69, 9.17) is 4.74 Å². The number of methoxy groups -OCH3 is 1. The fourth-order valence-corrected chi connectivity index (χ4v) is 2.21. The van der Waals surface area contributed by atoms with Crippen molar-refractivity contribution < 1.29 is 14.3 Å². The van der Waals surface area contributed by atoms with Gasteiger partial charge < -0.3 is 20.7 Å². The lowest BCUT2D eigenvalue weighted by Crippen LogP contribution is -2.21. The third-order valence-electron chi connectivity index (χ3n) is 3.45. The molecule has 0 atom stereocenters. The van der Waals surface area contributed by atoms with Crippen LogP contribution in [0.4, 0.5) is 17.1 Å². The van der Waals surface area contributed by atoms with Crippen molar-refractivity contribution in [3.63, 3.8) is 0 Å². The van der Waals surface area contributed by atoms with Crippen LogP contribution in [0.15, 0.2) is 48.5 Å². The molecular formula is C19H23N3O3. The van der Waals surface area contributed by atoms with Crippen molar-refractivity contribution in [3.05, 3.63) is 48.5 Å². The summed E-state index contributed by atoms with van der Waals surface area (Å²) in [6.45, 7) is 2.10. The van der Waals surface area contributed by atoms with E-state index in [9.17, 15) is 9.59 Å².